The maximum absolute atomic E-state index is 5.31. The van der Waals surface area contributed by atoms with Crippen molar-refractivity contribution in [3.63, 3.8) is 0 Å². The summed E-state index contributed by atoms with van der Waals surface area (Å²) >= 11 is 0. The van der Waals surface area contributed by atoms with E-state index in [0.29, 0.717) is 13.1 Å². The Morgan fingerprint density at radius 1 is 1.23 bits per heavy atom. The molecule has 0 aliphatic rings. The molecule has 1 aromatic carbocycles. The number of aromatic nitrogens is 2. The molecule has 2 aromatic rings. The number of aliphatic imine (C=N–C) groups is 1. The van der Waals surface area contributed by atoms with Crippen molar-refractivity contribution in [3.05, 3.63) is 46.3 Å². The molecule has 26 heavy (non-hydrogen) atoms. The Bertz CT molecular complexity index is 755. The van der Waals surface area contributed by atoms with Gasteiger partial charge in [0.1, 0.15) is 5.75 Å². The van der Waals surface area contributed by atoms with Gasteiger partial charge in [-0.2, -0.15) is 5.10 Å². The Morgan fingerprint density at radius 2 is 1.96 bits per heavy atom. The molecular formula is C19H30IN5O. The quantitative estimate of drug-likeness (QED) is 0.386. The molecule has 0 saturated carbocycles. The third-order valence-electron chi connectivity index (χ3n) is 4.31. The summed E-state index contributed by atoms with van der Waals surface area (Å²) in [6, 6.07) is 6.15. The van der Waals surface area contributed by atoms with Gasteiger partial charge in [0, 0.05) is 31.4 Å². The first-order valence-electron chi connectivity index (χ1n) is 8.61. The van der Waals surface area contributed by atoms with E-state index in [0.717, 1.165) is 35.1 Å². The van der Waals surface area contributed by atoms with Gasteiger partial charge in [-0.25, -0.2) is 4.99 Å². The smallest absolute Gasteiger partial charge is 0.191 e. The number of ether oxygens (including phenoxy) is 1. The van der Waals surface area contributed by atoms with Gasteiger partial charge in [-0.1, -0.05) is 12.1 Å². The third-order valence-corrected chi connectivity index (χ3v) is 4.31. The van der Waals surface area contributed by atoms with E-state index in [9.17, 15) is 0 Å². The van der Waals surface area contributed by atoms with Gasteiger partial charge >= 0.3 is 0 Å². The molecule has 1 aromatic heterocycles. The first-order chi connectivity index (χ1) is 12.0. The Hall–Kier alpha value is -1.77. The van der Waals surface area contributed by atoms with Crippen LogP contribution in [0.4, 0.5) is 0 Å². The topological polar surface area (TPSA) is 63.5 Å². The molecule has 1 heterocycles. The van der Waals surface area contributed by atoms with Gasteiger partial charge in [-0.05, 0) is 44.9 Å². The van der Waals surface area contributed by atoms with Crippen molar-refractivity contribution in [1.29, 1.82) is 0 Å². The van der Waals surface area contributed by atoms with Crippen molar-refractivity contribution in [1.82, 2.24) is 20.4 Å². The SMILES string of the molecule is CCNC(=NCc1ccc(OC)c(C)c1)NCc1c(C)nn(C)c1C.I. The number of guanidine groups is 1. The first-order valence-corrected chi connectivity index (χ1v) is 8.61. The lowest BCUT2D eigenvalue weighted by molar-refractivity contribution is 0.411. The highest BCUT2D eigenvalue weighted by Crippen LogP contribution is 2.18. The van der Waals surface area contributed by atoms with Crippen molar-refractivity contribution in [3.8, 4) is 5.75 Å². The summed E-state index contributed by atoms with van der Waals surface area (Å²) in [5, 5.41) is 11.2. The molecule has 6 nitrogen and oxygen atoms in total. The summed E-state index contributed by atoms with van der Waals surface area (Å²) in [6.07, 6.45) is 0. The molecule has 0 spiro atoms. The summed E-state index contributed by atoms with van der Waals surface area (Å²) < 4.78 is 7.22. The Kier molecular flexibility index (Phi) is 8.91. The van der Waals surface area contributed by atoms with Gasteiger partial charge in [0.15, 0.2) is 5.96 Å². The van der Waals surface area contributed by atoms with E-state index in [2.05, 4.69) is 40.6 Å². The minimum Gasteiger partial charge on any atom is -0.496 e. The molecule has 2 rings (SSSR count). The van der Waals surface area contributed by atoms with Gasteiger partial charge in [0.2, 0.25) is 0 Å². The zero-order valence-corrected chi connectivity index (χ0v) is 18.8. The molecule has 0 bridgehead atoms. The Morgan fingerprint density at radius 3 is 2.50 bits per heavy atom. The van der Waals surface area contributed by atoms with Gasteiger partial charge in [0.25, 0.3) is 0 Å². The average Bonchev–Trinajstić information content (AvgIpc) is 2.83. The lowest BCUT2D eigenvalue weighted by atomic mass is 10.1. The molecule has 0 unspecified atom stereocenters. The van der Waals surface area contributed by atoms with Crippen LogP contribution in [0.5, 0.6) is 5.75 Å². The minimum atomic E-state index is 0. The van der Waals surface area contributed by atoms with Crippen molar-refractivity contribution in [2.24, 2.45) is 12.0 Å². The second-order valence-electron chi connectivity index (χ2n) is 6.13. The fourth-order valence-electron chi connectivity index (χ4n) is 2.80. The van der Waals surface area contributed by atoms with Crippen LogP contribution in [-0.4, -0.2) is 29.4 Å². The predicted octanol–water partition coefficient (Wildman–Crippen LogP) is 3.23. The maximum atomic E-state index is 5.31. The number of hydrogen-bond donors (Lipinski definition) is 2. The third kappa shape index (κ3) is 5.62. The molecule has 144 valence electrons. The van der Waals surface area contributed by atoms with Crippen LogP contribution in [0.2, 0.25) is 0 Å². The van der Waals surface area contributed by atoms with Crippen molar-refractivity contribution < 1.29 is 4.74 Å². The zero-order chi connectivity index (χ0) is 18.4. The largest absolute Gasteiger partial charge is 0.496 e. The van der Waals surface area contributed by atoms with Crippen LogP contribution < -0.4 is 15.4 Å². The zero-order valence-electron chi connectivity index (χ0n) is 16.5. The van der Waals surface area contributed by atoms with E-state index < -0.39 is 0 Å². The second-order valence-corrected chi connectivity index (χ2v) is 6.13. The molecule has 0 radical (unpaired) electrons. The van der Waals surface area contributed by atoms with E-state index in [1.807, 2.05) is 37.7 Å². The van der Waals surface area contributed by atoms with Gasteiger partial charge in [0.05, 0.1) is 19.3 Å². The van der Waals surface area contributed by atoms with Crippen molar-refractivity contribution >= 4 is 29.9 Å². The number of hydrogen-bond acceptors (Lipinski definition) is 3. The van der Waals surface area contributed by atoms with E-state index >= 15 is 0 Å². The van der Waals surface area contributed by atoms with Crippen LogP contribution in [0.15, 0.2) is 23.2 Å². The van der Waals surface area contributed by atoms with Gasteiger partial charge < -0.3 is 15.4 Å². The van der Waals surface area contributed by atoms with Crippen LogP contribution in [0.1, 0.15) is 35.0 Å². The maximum Gasteiger partial charge on any atom is 0.191 e. The highest BCUT2D eigenvalue weighted by atomic mass is 127. The summed E-state index contributed by atoms with van der Waals surface area (Å²) in [6.45, 7) is 10.4. The van der Waals surface area contributed by atoms with Crippen LogP contribution >= 0.6 is 24.0 Å². The van der Waals surface area contributed by atoms with Crippen LogP contribution in [0.3, 0.4) is 0 Å². The van der Waals surface area contributed by atoms with E-state index in [1.54, 1.807) is 7.11 Å². The number of halogens is 1. The molecule has 0 aliphatic heterocycles. The van der Waals surface area contributed by atoms with Crippen LogP contribution in [-0.2, 0) is 20.1 Å². The number of methoxy groups -OCH3 is 1. The standard InChI is InChI=1S/C19H29N5O.HI/c1-7-20-19(22-12-17-14(3)23-24(5)15(17)4)21-11-16-8-9-18(25-6)13(2)10-16;/h8-10H,7,11-12H2,1-6H3,(H2,20,21,22);1H. The molecule has 2 N–H and O–H groups in total. The monoisotopic (exact) mass is 471 g/mol. The number of aryl methyl sites for hydroxylation is 3. The number of nitrogens with zero attached hydrogens (tertiary/aromatic N) is 3. The van der Waals surface area contributed by atoms with E-state index in [1.165, 1.54) is 11.3 Å². The number of rotatable bonds is 6. The number of nitrogens with one attached hydrogen (secondary N) is 2. The molecule has 0 fully saturated rings. The molecule has 0 saturated heterocycles. The highest BCUT2D eigenvalue weighted by molar-refractivity contribution is 14.0. The van der Waals surface area contributed by atoms with Crippen molar-refractivity contribution in [2.75, 3.05) is 13.7 Å². The second kappa shape index (κ2) is 10.4. The Labute approximate surface area is 173 Å². The lowest BCUT2D eigenvalue weighted by Crippen LogP contribution is -2.37. The summed E-state index contributed by atoms with van der Waals surface area (Å²) in [5.41, 5.74) is 5.72. The average molecular weight is 471 g/mol. The van der Waals surface area contributed by atoms with E-state index in [4.69, 9.17) is 4.74 Å². The highest BCUT2D eigenvalue weighted by Gasteiger charge is 2.09. The summed E-state index contributed by atoms with van der Waals surface area (Å²) in [5.74, 6) is 1.71. The van der Waals surface area contributed by atoms with Gasteiger partial charge in [-0.3, -0.25) is 4.68 Å². The van der Waals surface area contributed by atoms with E-state index in [-0.39, 0.29) is 24.0 Å². The van der Waals surface area contributed by atoms with Crippen LogP contribution in [0, 0.1) is 20.8 Å². The number of benzene rings is 1. The first kappa shape index (κ1) is 22.3. The normalized spacial score (nSPS) is 11.1. The molecule has 0 aliphatic carbocycles. The fourth-order valence-corrected chi connectivity index (χ4v) is 2.80. The minimum absolute atomic E-state index is 0. The molecular weight excluding hydrogens is 441 g/mol. The lowest BCUT2D eigenvalue weighted by Gasteiger charge is -2.12. The molecule has 7 heteroatoms. The summed E-state index contributed by atoms with van der Waals surface area (Å²) in [7, 11) is 3.66. The predicted molar refractivity (Wildman–Crippen MR) is 117 cm³/mol. The molecule has 0 atom stereocenters. The molecule has 0 amide bonds. The van der Waals surface area contributed by atoms with Crippen LogP contribution in [0.25, 0.3) is 0 Å². The Balaban J connectivity index is 0.00000338. The fraction of sp³-hybridized carbons (Fsp3) is 0.474. The van der Waals surface area contributed by atoms with Crippen molar-refractivity contribution in [2.45, 2.75) is 40.8 Å². The van der Waals surface area contributed by atoms with Gasteiger partial charge in [-0.15, -0.1) is 24.0 Å². The summed E-state index contributed by atoms with van der Waals surface area (Å²) in [4.78, 5) is 4.69.